The van der Waals surface area contributed by atoms with E-state index in [1.54, 1.807) is 0 Å². The Morgan fingerprint density at radius 2 is 0.700 bits per heavy atom. The van der Waals surface area contributed by atoms with Crippen molar-refractivity contribution in [1.82, 2.24) is 0 Å². The monoisotopic (exact) mass is 172 g/mol. The van der Waals surface area contributed by atoms with Gasteiger partial charge in [-0.1, -0.05) is 0 Å². The molecule has 0 amide bonds. The third kappa shape index (κ3) is 187. The van der Waals surface area contributed by atoms with Crippen LogP contribution in [0.1, 0.15) is 2.85 Å². The molecule has 0 atom stereocenters. The average Bonchev–Trinajstić information content (AvgIpc) is 1.25. The van der Waals surface area contributed by atoms with E-state index in [1.165, 1.54) is 0 Å². The van der Waals surface area contributed by atoms with E-state index < -0.39 is 14.6 Å². The number of hydrogen-bond donors (Lipinski definition) is 6. The molecule has 10 heteroatoms. The second kappa shape index (κ2) is 17.3. The average molecular weight is 172 g/mol. The summed E-state index contributed by atoms with van der Waals surface area (Å²) < 4.78 is 0. The summed E-state index contributed by atoms with van der Waals surface area (Å²) in [6.07, 6.45) is 0. The molecule has 0 saturated carbocycles. The van der Waals surface area contributed by atoms with Crippen molar-refractivity contribution in [3.63, 3.8) is 0 Å². The van der Waals surface area contributed by atoms with Gasteiger partial charge in [0.2, 0.25) is 0 Å². The van der Waals surface area contributed by atoms with Gasteiger partial charge in [-0.05, 0) is 0 Å². The Bertz CT molecular complexity index is 39.0. The van der Waals surface area contributed by atoms with E-state index in [2.05, 4.69) is 0 Å². The maximum Gasteiger partial charge on any atom is 1.00 e. The summed E-state index contributed by atoms with van der Waals surface area (Å²) in [4.78, 5) is 0. The van der Waals surface area contributed by atoms with Gasteiger partial charge in [0.1, 0.15) is 0 Å². The fourth-order valence-electron chi connectivity index (χ4n) is 0. The van der Waals surface area contributed by atoms with Crippen molar-refractivity contribution in [3.05, 3.63) is 0 Å². The Morgan fingerprint density at radius 3 is 0.700 bits per heavy atom. The molecular weight excluding hydrogens is 164 g/mol. The zero-order valence-corrected chi connectivity index (χ0v) is 8.96. The molecule has 0 aliphatic heterocycles. The van der Waals surface area contributed by atoms with E-state index in [4.69, 9.17) is 30.1 Å². The van der Waals surface area contributed by atoms with Gasteiger partial charge in [-0.3, -0.25) is 0 Å². The van der Waals surface area contributed by atoms with Gasteiger partial charge in [0, 0.05) is 0 Å². The molecule has 6 nitrogen and oxygen atoms in total. The van der Waals surface area contributed by atoms with E-state index in [0.717, 1.165) is 0 Å². The van der Waals surface area contributed by atoms with Crippen molar-refractivity contribution >= 4 is 14.6 Å². The summed E-state index contributed by atoms with van der Waals surface area (Å²) >= 11 is 0. The Balaban J connectivity index is -0.0000000112. The molecule has 0 rings (SSSR count). The van der Waals surface area contributed by atoms with Crippen molar-refractivity contribution in [2.24, 2.45) is 0 Å². The molecule has 0 saturated heterocycles. The quantitative estimate of drug-likeness (QED) is 0.202. The normalized spacial score (nSPS) is 5.40. The van der Waals surface area contributed by atoms with Gasteiger partial charge in [-0.25, -0.2) is 0 Å². The van der Waals surface area contributed by atoms with Crippen LogP contribution in [0.25, 0.3) is 0 Å². The molecule has 0 aromatic carbocycles. The molecule has 0 spiro atoms. The topological polar surface area (TPSA) is 121 Å². The summed E-state index contributed by atoms with van der Waals surface area (Å²) in [6, 6.07) is 0. The van der Waals surface area contributed by atoms with Gasteiger partial charge in [-0.15, -0.1) is 0 Å². The van der Waals surface area contributed by atoms with Gasteiger partial charge >= 0.3 is 84.9 Å². The first-order chi connectivity index (χ1) is 3.46. The molecule has 0 heterocycles. The van der Waals surface area contributed by atoms with Gasteiger partial charge in [0.25, 0.3) is 0 Å². The molecule has 10 heavy (non-hydrogen) atoms. The van der Waals surface area contributed by atoms with Crippen LogP contribution in [0.5, 0.6) is 0 Å². The SMILES string of the molecule is OB(O)O.OB(O)O.[H-].[H-].[K+].[Li+]. The first-order valence-corrected chi connectivity index (χ1v) is 1.55. The third-order valence-corrected chi connectivity index (χ3v) is 0. The molecule has 0 bridgehead atoms. The minimum atomic E-state index is -2.17. The zero-order chi connectivity index (χ0) is 7.15. The summed E-state index contributed by atoms with van der Waals surface area (Å²) in [5, 5.41) is 43.0. The Labute approximate surface area is 116 Å². The molecule has 0 aromatic heterocycles. The van der Waals surface area contributed by atoms with Crippen molar-refractivity contribution in [3.8, 4) is 0 Å². The molecule has 0 fully saturated rings. The zero-order valence-electron chi connectivity index (χ0n) is 7.84. The van der Waals surface area contributed by atoms with Crippen molar-refractivity contribution in [2.45, 2.75) is 0 Å². The van der Waals surface area contributed by atoms with Crippen molar-refractivity contribution in [1.29, 1.82) is 0 Å². The minimum Gasteiger partial charge on any atom is -1.00 e. The van der Waals surface area contributed by atoms with Crippen LogP contribution in [0.4, 0.5) is 0 Å². The first kappa shape index (κ1) is 22.7. The van der Waals surface area contributed by atoms with Crippen LogP contribution < -0.4 is 70.2 Å². The third-order valence-electron chi connectivity index (χ3n) is 0. The molecule has 52 valence electrons. The minimum absolute atomic E-state index is 0. The van der Waals surface area contributed by atoms with E-state index in [-0.39, 0.29) is 73.1 Å². The van der Waals surface area contributed by atoms with Gasteiger partial charge in [-0.2, -0.15) is 0 Å². The molecule has 0 aliphatic carbocycles. The second-order valence-corrected chi connectivity index (χ2v) is 0.693. The van der Waals surface area contributed by atoms with Crippen molar-refractivity contribution < 1.29 is 103 Å². The summed E-state index contributed by atoms with van der Waals surface area (Å²) in [5.41, 5.74) is 0. The number of rotatable bonds is 0. The molecule has 0 aliphatic rings. The Kier molecular flexibility index (Phi) is 39.3. The van der Waals surface area contributed by atoms with Gasteiger partial charge < -0.3 is 33.0 Å². The predicted molar refractivity (Wildman–Crippen MR) is 27.0 cm³/mol. The van der Waals surface area contributed by atoms with Crippen LogP contribution >= 0.6 is 0 Å². The molecule has 0 aromatic rings. The van der Waals surface area contributed by atoms with Crippen LogP contribution in [0.15, 0.2) is 0 Å². The van der Waals surface area contributed by atoms with Gasteiger partial charge in [0.15, 0.2) is 0 Å². The van der Waals surface area contributed by atoms with Crippen LogP contribution in [-0.2, 0) is 0 Å². The van der Waals surface area contributed by atoms with Crippen molar-refractivity contribution in [2.75, 3.05) is 0 Å². The maximum absolute atomic E-state index is 7.17. The standard InChI is InChI=1S/2BH3O3.K.Li.2H/c2*2-1(3)4;;;;/h2*2-4H;;;;/q;;2*+1;2*-1. The summed E-state index contributed by atoms with van der Waals surface area (Å²) in [5.74, 6) is 0. The largest absolute Gasteiger partial charge is 1.00 e. The Hall–Kier alpha value is 2.12. The second-order valence-electron chi connectivity index (χ2n) is 0.693. The number of hydrogen-bond acceptors (Lipinski definition) is 6. The predicted octanol–water partition coefficient (Wildman–Crippen LogP) is -9.87. The van der Waals surface area contributed by atoms with E-state index in [1.807, 2.05) is 0 Å². The molecular formula is H8B2KLiO6. The first-order valence-electron chi connectivity index (χ1n) is 1.55. The smallest absolute Gasteiger partial charge is 1.00 e. The van der Waals surface area contributed by atoms with Crippen LogP contribution in [-0.4, -0.2) is 44.8 Å². The Morgan fingerprint density at radius 1 is 0.700 bits per heavy atom. The van der Waals surface area contributed by atoms with Crippen LogP contribution in [0.3, 0.4) is 0 Å². The maximum atomic E-state index is 7.17. The molecule has 6 N–H and O–H groups in total. The molecule has 0 radical (unpaired) electrons. The summed E-state index contributed by atoms with van der Waals surface area (Å²) in [6.45, 7) is 0. The van der Waals surface area contributed by atoms with E-state index >= 15 is 0 Å². The van der Waals surface area contributed by atoms with Crippen LogP contribution in [0, 0.1) is 0 Å². The van der Waals surface area contributed by atoms with E-state index in [9.17, 15) is 0 Å². The van der Waals surface area contributed by atoms with Gasteiger partial charge in [0.05, 0.1) is 0 Å². The molecule has 0 unspecified atom stereocenters. The summed E-state index contributed by atoms with van der Waals surface area (Å²) in [7, 11) is -4.33. The van der Waals surface area contributed by atoms with E-state index in [0.29, 0.717) is 0 Å². The fraction of sp³-hybridized carbons (Fsp3) is 0. The van der Waals surface area contributed by atoms with Crippen LogP contribution in [0.2, 0.25) is 0 Å². The fourth-order valence-corrected chi connectivity index (χ4v) is 0.